The molecule has 0 aliphatic carbocycles. The lowest BCUT2D eigenvalue weighted by molar-refractivity contribution is 1.21. The normalized spacial score (nSPS) is 14.5. The maximum Gasteiger partial charge on any atom is -0.0376 e. The highest BCUT2D eigenvalue weighted by molar-refractivity contribution is 5.29. The van der Waals surface area contributed by atoms with E-state index in [-0.39, 0.29) is 0 Å². The van der Waals surface area contributed by atoms with E-state index in [2.05, 4.69) is 45.1 Å². The molecule has 11 heavy (non-hydrogen) atoms. The molecular formula is C11H18. The predicted molar refractivity (Wildman–Crippen MR) is 52.6 cm³/mol. The topological polar surface area (TPSA) is 0 Å². The Kier molecular flexibility index (Phi) is 5.54. The molecule has 0 aromatic heterocycles. The molecule has 0 saturated carbocycles. The van der Waals surface area contributed by atoms with E-state index in [0.29, 0.717) is 0 Å². The second kappa shape index (κ2) is 5.96. The molecule has 0 aliphatic rings. The summed E-state index contributed by atoms with van der Waals surface area (Å²) in [7, 11) is 0. The third kappa shape index (κ3) is 4.60. The van der Waals surface area contributed by atoms with Crippen molar-refractivity contribution in [3.63, 3.8) is 0 Å². The first-order valence-corrected chi connectivity index (χ1v) is 4.19. The van der Waals surface area contributed by atoms with Crippen molar-refractivity contribution in [3.05, 3.63) is 35.5 Å². The van der Waals surface area contributed by atoms with Gasteiger partial charge in [-0.25, -0.2) is 0 Å². The van der Waals surface area contributed by atoms with Gasteiger partial charge in [-0.2, -0.15) is 0 Å². The summed E-state index contributed by atoms with van der Waals surface area (Å²) in [6, 6.07) is 0. The smallest absolute Gasteiger partial charge is 0.0376 e. The van der Waals surface area contributed by atoms with Crippen molar-refractivity contribution in [1.29, 1.82) is 0 Å². The number of allylic oxidation sites excluding steroid dienone is 6. The van der Waals surface area contributed by atoms with E-state index >= 15 is 0 Å². The van der Waals surface area contributed by atoms with E-state index in [0.717, 1.165) is 6.42 Å². The van der Waals surface area contributed by atoms with Gasteiger partial charge in [-0.05, 0) is 38.3 Å². The molecule has 0 radical (unpaired) electrons. The Morgan fingerprint density at radius 2 is 1.64 bits per heavy atom. The van der Waals surface area contributed by atoms with Gasteiger partial charge in [0, 0.05) is 0 Å². The van der Waals surface area contributed by atoms with Crippen LogP contribution in [-0.4, -0.2) is 0 Å². The molecule has 0 unspecified atom stereocenters. The molecule has 0 heterocycles. The minimum absolute atomic E-state index is 1.11. The highest BCUT2D eigenvalue weighted by Gasteiger charge is 1.85. The van der Waals surface area contributed by atoms with Gasteiger partial charge >= 0.3 is 0 Å². The van der Waals surface area contributed by atoms with E-state index in [1.54, 1.807) is 0 Å². The molecule has 0 aromatic rings. The van der Waals surface area contributed by atoms with E-state index in [1.807, 2.05) is 6.92 Å². The first-order chi connectivity index (χ1) is 5.22. The molecule has 0 atom stereocenters. The highest BCUT2D eigenvalue weighted by Crippen LogP contribution is 2.06. The second-order valence-corrected chi connectivity index (χ2v) is 2.68. The Hall–Kier alpha value is -0.780. The Morgan fingerprint density at radius 3 is 2.09 bits per heavy atom. The van der Waals surface area contributed by atoms with Crippen LogP contribution in [0.2, 0.25) is 0 Å². The zero-order valence-electron chi connectivity index (χ0n) is 8.02. The Morgan fingerprint density at radius 1 is 1.09 bits per heavy atom. The van der Waals surface area contributed by atoms with Gasteiger partial charge in [-0.1, -0.05) is 31.2 Å². The lowest BCUT2D eigenvalue weighted by Crippen LogP contribution is -1.74. The largest absolute Gasteiger partial charge is 0.0874 e. The summed E-state index contributed by atoms with van der Waals surface area (Å²) >= 11 is 0. The Balaban J connectivity index is 4.27. The molecule has 62 valence electrons. The van der Waals surface area contributed by atoms with Gasteiger partial charge in [0.1, 0.15) is 0 Å². The molecule has 0 amide bonds. The molecule has 0 spiro atoms. The van der Waals surface area contributed by atoms with Crippen LogP contribution in [0.5, 0.6) is 0 Å². The summed E-state index contributed by atoms with van der Waals surface area (Å²) in [4.78, 5) is 0. The van der Waals surface area contributed by atoms with Gasteiger partial charge < -0.3 is 0 Å². The molecule has 0 aromatic carbocycles. The van der Waals surface area contributed by atoms with E-state index < -0.39 is 0 Å². The van der Waals surface area contributed by atoms with Gasteiger partial charge in [-0.15, -0.1) is 0 Å². The van der Waals surface area contributed by atoms with Crippen LogP contribution in [0.25, 0.3) is 0 Å². The van der Waals surface area contributed by atoms with Gasteiger partial charge in [0.05, 0.1) is 0 Å². The van der Waals surface area contributed by atoms with Crippen LogP contribution in [0.4, 0.5) is 0 Å². The molecule has 0 rings (SSSR count). The minimum Gasteiger partial charge on any atom is -0.0874 e. The van der Waals surface area contributed by atoms with Crippen molar-refractivity contribution in [2.45, 2.75) is 34.1 Å². The summed E-state index contributed by atoms with van der Waals surface area (Å²) in [5, 5.41) is 0. The SMILES string of the molecule is CC=CC(C)=C(C)C=CCC. The maximum absolute atomic E-state index is 2.18. The van der Waals surface area contributed by atoms with Crippen molar-refractivity contribution >= 4 is 0 Å². The van der Waals surface area contributed by atoms with Gasteiger partial charge in [0.2, 0.25) is 0 Å². The molecule has 0 aliphatic heterocycles. The van der Waals surface area contributed by atoms with Crippen LogP contribution in [0, 0.1) is 0 Å². The quantitative estimate of drug-likeness (QED) is 0.536. The Labute approximate surface area is 70.3 Å². The monoisotopic (exact) mass is 150 g/mol. The zero-order valence-corrected chi connectivity index (χ0v) is 8.02. The second-order valence-electron chi connectivity index (χ2n) is 2.68. The zero-order chi connectivity index (χ0) is 8.69. The third-order valence-corrected chi connectivity index (χ3v) is 1.64. The van der Waals surface area contributed by atoms with Crippen LogP contribution >= 0.6 is 0 Å². The molecule has 0 bridgehead atoms. The molecule has 0 nitrogen and oxygen atoms in total. The first-order valence-electron chi connectivity index (χ1n) is 4.19. The van der Waals surface area contributed by atoms with Crippen LogP contribution in [0.3, 0.4) is 0 Å². The maximum atomic E-state index is 2.18. The summed E-state index contributed by atoms with van der Waals surface area (Å²) in [5.74, 6) is 0. The Bertz CT molecular complexity index is 180. The average Bonchev–Trinajstić information content (AvgIpc) is 2.00. The van der Waals surface area contributed by atoms with Crippen molar-refractivity contribution < 1.29 is 0 Å². The van der Waals surface area contributed by atoms with Crippen molar-refractivity contribution in [2.24, 2.45) is 0 Å². The van der Waals surface area contributed by atoms with Crippen LogP contribution in [0.1, 0.15) is 34.1 Å². The minimum atomic E-state index is 1.11. The van der Waals surface area contributed by atoms with Crippen molar-refractivity contribution in [3.8, 4) is 0 Å². The van der Waals surface area contributed by atoms with E-state index in [1.165, 1.54) is 11.1 Å². The van der Waals surface area contributed by atoms with Crippen molar-refractivity contribution in [2.75, 3.05) is 0 Å². The molecular weight excluding hydrogens is 132 g/mol. The van der Waals surface area contributed by atoms with Crippen LogP contribution in [-0.2, 0) is 0 Å². The van der Waals surface area contributed by atoms with E-state index in [4.69, 9.17) is 0 Å². The molecule has 0 saturated heterocycles. The number of hydrogen-bond acceptors (Lipinski definition) is 0. The van der Waals surface area contributed by atoms with Gasteiger partial charge in [0.15, 0.2) is 0 Å². The molecule has 0 fully saturated rings. The molecule has 0 N–H and O–H groups in total. The lowest BCUT2D eigenvalue weighted by Gasteiger charge is -1.95. The van der Waals surface area contributed by atoms with Crippen LogP contribution in [0.15, 0.2) is 35.5 Å². The number of rotatable bonds is 3. The van der Waals surface area contributed by atoms with Crippen LogP contribution < -0.4 is 0 Å². The lowest BCUT2D eigenvalue weighted by atomic mass is 10.1. The summed E-state index contributed by atoms with van der Waals surface area (Å²) in [6.45, 7) is 8.46. The molecule has 0 heteroatoms. The number of hydrogen-bond donors (Lipinski definition) is 0. The standard InChI is InChI=1S/C11H18/c1-5-7-9-11(4)10(3)8-6-2/h6-9H,5H2,1-4H3. The van der Waals surface area contributed by atoms with Gasteiger partial charge in [-0.3, -0.25) is 0 Å². The van der Waals surface area contributed by atoms with Crippen molar-refractivity contribution in [1.82, 2.24) is 0 Å². The fourth-order valence-corrected chi connectivity index (χ4v) is 0.808. The third-order valence-electron chi connectivity index (χ3n) is 1.64. The fourth-order valence-electron chi connectivity index (χ4n) is 0.808. The predicted octanol–water partition coefficient (Wildman–Crippen LogP) is 3.87. The van der Waals surface area contributed by atoms with E-state index in [9.17, 15) is 0 Å². The summed E-state index contributed by atoms with van der Waals surface area (Å²) in [6.07, 6.45) is 9.67. The summed E-state index contributed by atoms with van der Waals surface area (Å²) in [5.41, 5.74) is 2.70. The van der Waals surface area contributed by atoms with Gasteiger partial charge in [0.25, 0.3) is 0 Å². The summed E-state index contributed by atoms with van der Waals surface area (Å²) < 4.78 is 0. The highest BCUT2D eigenvalue weighted by atomic mass is 13.9. The average molecular weight is 150 g/mol. The first kappa shape index (κ1) is 10.2. The fraction of sp³-hybridized carbons (Fsp3) is 0.455.